The van der Waals surface area contributed by atoms with E-state index in [0.717, 1.165) is 32.0 Å². The molecule has 5 heteroatoms. The van der Waals surface area contributed by atoms with Gasteiger partial charge in [0, 0.05) is 24.5 Å². The zero-order chi connectivity index (χ0) is 11.8. The Morgan fingerprint density at radius 1 is 1.12 bits per heavy atom. The van der Waals surface area contributed by atoms with E-state index in [4.69, 9.17) is 5.73 Å². The Kier molecular flexibility index (Phi) is 2.69. The lowest BCUT2D eigenvalue weighted by atomic mass is 10.1. The molecule has 0 saturated carbocycles. The van der Waals surface area contributed by atoms with Crippen LogP contribution in [0.15, 0.2) is 18.2 Å². The number of halogens is 3. The van der Waals surface area contributed by atoms with E-state index < -0.39 is 11.7 Å². The zero-order valence-corrected chi connectivity index (χ0v) is 8.72. The van der Waals surface area contributed by atoms with Crippen LogP contribution in [0.4, 0.5) is 24.5 Å². The molecule has 0 bridgehead atoms. The van der Waals surface area contributed by atoms with E-state index in [1.165, 1.54) is 6.07 Å². The van der Waals surface area contributed by atoms with Crippen molar-refractivity contribution in [2.45, 2.75) is 19.0 Å². The highest BCUT2D eigenvalue weighted by molar-refractivity contribution is 5.59. The fourth-order valence-corrected chi connectivity index (χ4v) is 1.96. The van der Waals surface area contributed by atoms with Crippen LogP contribution < -0.4 is 10.6 Å². The van der Waals surface area contributed by atoms with Gasteiger partial charge in [-0.05, 0) is 31.0 Å². The van der Waals surface area contributed by atoms with Crippen LogP contribution >= 0.6 is 0 Å². The van der Waals surface area contributed by atoms with Crippen molar-refractivity contribution in [1.82, 2.24) is 0 Å². The standard InChI is InChI=1S/C11H13F3N2/c12-11(13,14)9-7-8(3-4-10(9)15)16-5-1-2-6-16/h3-4,7H,1-2,5-6,15H2. The molecule has 88 valence electrons. The molecule has 0 amide bonds. The number of hydrogen-bond donors (Lipinski definition) is 1. The fraction of sp³-hybridized carbons (Fsp3) is 0.455. The van der Waals surface area contributed by atoms with Crippen molar-refractivity contribution in [1.29, 1.82) is 0 Å². The van der Waals surface area contributed by atoms with Gasteiger partial charge in [-0.25, -0.2) is 0 Å². The molecule has 0 aromatic heterocycles. The van der Waals surface area contributed by atoms with Gasteiger partial charge in [-0.15, -0.1) is 0 Å². The van der Waals surface area contributed by atoms with E-state index in [2.05, 4.69) is 0 Å². The first-order chi connectivity index (χ1) is 7.48. The fourth-order valence-electron chi connectivity index (χ4n) is 1.96. The van der Waals surface area contributed by atoms with Crippen LogP contribution in [-0.2, 0) is 6.18 Å². The van der Waals surface area contributed by atoms with Crippen LogP contribution in [0.3, 0.4) is 0 Å². The van der Waals surface area contributed by atoms with Crippen LogP contribution in [0.5, 0.6) is 0 Å². The number of nitrogens with two attached hydrogens (primary N) is 1. The van der Waals surface area contributed by atoms with Gasteiger partial charge in [-0.3, -0.25) is 0 Å². The molecule has 1 heterocycles. The van der Waals surface area contributed by atoms with E-state index in [-0.39, 0.29) is 5.69 Å². The van der Waals surface area contributed by atoms with Gasteiger partial charge in [0.25, 0.3) is 0 Å². The smallest absolute Gasteiger partial charge is 0.398 e. The van der Waals surface area contributed by atoms with Crippen molar-refractivity contribution < 1.29 is 13.2 Å². The highest BCUT2D eigenvalue weighted by atomic mass is 19.4. The minimum Gasteiger partial charge on any atom is -0.398 e. The van der Waals surface area contributed by atoms with E-state index >= 15 is 0 Å². The maximum atomic E-state index is 12.6. The molecule has 16 heavy (non-hydrogen) atoms. The Morgan fingerprint density at radius 2 is 1.75 bits per heavy atom. The SMILES string of the molecule is Nc1ccc(N2CCCC2)cc1C(F)(F)F. The number of alkyl halides is 3. The Labute approximate surface area is 91.8 Å². The summed E-state index contributed by atoms with van der Waals surface area (Å²) in [5.74, 6) is 0. The van der Waals surface area contributed by atoms with Gasteiger partial charge in [0.15, 0.2) is 0 Å². The Bertz CT molecular complexity index is 381. The molecule has 1 saturated heterocycles. The summed E-state index contributed by atoms with van der Waals surface area (Å²) in [4.78, 5) is 1.95. The van der Waals surface area contributed by atoms with Gasteiger partial charge in [0.05, 0.1) is 5.56 Å². The predicted octanol–water partition coefficient (Wildman–Crippen LogP) is 2.89. The average molecular weight is 230 g/mol. The number of nitrogens with zero attached hydrogens (tertiary/aromatic N) is 1. The molecule has 2 nitrogen and oxygen atoms in total. The van der Waals surface area contributed by atoms with Gasteiger partial charge >= 0.3 is 6.18 Å². The predicted molar refractivity (Wildman–Crippen MR) is 57.3 cm³/mol. The average Bonchev–Trinajstić information content (AvgIpc) is 2.69. The van der Waals surface area contributed by atoms with Crippen LogP contribution in [0.1, 0.15) is 18.4 Å². The summed E-state index contributed by atoms with van der Waals surface area (Å²) in [5.41, 5.74) is 4.99. The van der Waals surface area contributed by atoms with Gasteiger partial charge < -0.3 is 10.6 Å². The first kappa shape index (κ1) is 11.1. The summed E-state index contributed by atoms with van der Waals surface area (Å²) >= 11 is 0. The molecule has 0 radical (unpaired) electrons. The summed E-state index contributed by atoms with van der Waals surface area (Å²) in [6.07, 6.45) is -2.31. The number of anilines is 2. The third kappa shape index (κ3) is 2.08. The van der Waals surface area contributed by atoms with E-state index in [1.807, 2.05) is 4.90 Å². The molecule has 0 unspecified atom stereocenters. The molecular weight excluding hydrogens is 217 g/mol. The van der Waals surface area contributed by atoms with Crippen molar-refractivity contribution in [2.24, 2.45) is 0 Å². The lowest BCUT2D eigenvalue weighted by Gasteiger charge is -2.20. The number of hydrogen-bond acceptors (Lipinski definition) is 2. The van der Waals surface area contributed by atoms with Gasteiger partial charge in [-0.1, -0.05) is 0 Å². The topological polar surface area (TPSA) is 29.3 Å². The molecule has 2 rings (SSSR count). The summed E-state index contributed by atoms with van der Waals surface area (Å²) in [5, 5.41) is 0. The number of rotatable bonds is 1. The summed E-state index contributed by atoms with van der Waals surface area (Å²) in [6, 6.07) is 4.12. The maximum absolute atomic E-state index is 12.6. The third-order valence-corrected chi connectivity index (χ3v) is 2.81. The van der Waals surface area contributed by atoms with Gasteiger partial charge in [0.2, 0.25) is 0 Å². The second-order valence-corrected chi connectivity index (χ2v) is 3.96. The first-order valence-electron chi connectivity index (χ1n) is 5.20. The third-order valence-electron chi connectivity index (χ3n) is 2.81. The summed E-state index contributed by atoms with van der Waals surface area (Å²) < 4.78 is 37.9. The highest BCUT2D eigenvalue weighted by Gasteiger charge is 2.33. The number of benzene rings is 1. The van der Waals surface area contributed by atoms with Crippen LogP contribution in [0.25, 0.3) is 0 Å². The molecule has 1 aromatic carbocycles. The largest absolute Gasteiger partial charge is 0.418 e. The Hall–Kier alpha value is -1.39. The highest BCUT2D eigenvalue weighted by Crippen LogP contribution is 2.36. The van der Waals surface area contributed by atoms with Gasteiger partial charge in [0.1, 0.15) is 0 Å². The minimum absolute atomic E-state index is 0.213. The molecule has 1 aliphatic heterocycles. The van der Waals surface area contributed by atoms with Crippen LogP contribution in [0, 0.1) is 0 Å². The number of nitrogen functional groups attached to an aromatic ring is 1. The second-order valence-electron chi connectivity index (χ2n) is 3.96. The Balaban J connectivity index is 2.35. The first-order valence-corrected chi connectivity index (χ1v) is 5.20. The molecule has 1 fully saturated rings. The van der Waals surface area contributed by atoms with E-state index in [1.54, 1.807) is 6.07 Å². The van der Waals surface area contributed by atoms with Crippen LogP contribution in [0.2, 0.25) is 0 Å². The lowest BCUT2D eigenvalue weighted by Crippen LogP contribution is -2.19. The minimum atomic E-state index is -4.38. The molecule has 0 atom stereocenters. The normalized spacial score (nSPS) is 16.8. The van der Waals surface area contributed by atoms with Crippen molar-refractivity contribution >= 4 is 11.4 Å². The van der Waals surface area contributed by atoms with Crippen molar-refractivity contribution in [3.8, 4) is 0 Å². The van der Waals surface area contributed by atoms with E-state index in [9.17, 15) is 13.2 Å². The molecule has 2 N–H and O–H groups in total. The molecule has 1 aromatic rings. The Morgan fingerprint density at radius 3 is 2.31 bits per heavy atom. The lowest BCUT2D eigenvalue weighted by molar-refractivity contribution is -0.136. The van der Waals surface area contributed by atoms with Crippen molar-refractivity contribution in [3.05, 3.63) is 23.8 Å². The maximum Gasteiger partial charge on any atom is 0.418 e. The van der Waals surface area contributed by atoms with Crippen molar-refractivity contribution in [3.63, 3.8) is 0 Å². The van der Waals surface area contributed by atoms with Crippen LogP contribution in [-0.4, -0.2) is 13.1 Å². The second kappa shape index (κ2) is 3.88. The summed E-state index contributed by atoms with van der Waals surface area (Å²) in [6.45, 7) is 1.64. The molecule has 1 aliphatic rings. The monoisotopic (exact) mass is 230 g/mol. The molecular formula is C11H13F3N2. The molecule has 0 spiro atoms. The van der Waals surface area contributed by atoms with Gasteiger partial charge in [-0.2, -0.15) is 13.2 Å². The van der Waals surface area contributed by atoms with Crippen molar-refractivity contribution in [2.75, 3.05) is 23.7 Å². The zero-order valence-electron chi connectivity index (χ0n) is 8.72. The van der Waals surface area contributed by atoms with E-state index in [0.29, 0.717) is 5.69 Å². The molecule has 0 aliphatic carbocycles. The quantitative estimate of drug-likeness (QED) is 0.751. The summed E-state index contributed by atoms with van der Waals surface area (Å²) in [7, 11) is 0.